The van der Waals surface area contributed by atoms with Crippen molar-refractivity contribution in [2.75, 3.05) is 5.32 Å². The van der Waals surface area contributed by atoms with Crippen molar-refractivity contribution < 1.29 is 19.2 Å². The molecule has 0 unspecified atom stereocenters. The van der Waals surface area contributed by atoms with Crippen molar-refractivity contribution in [3.63, 3.8) is 0 Å². The van der Waals surface area contributed by atoms with Crippen molar-refractivity contribution in [3.8, 4) is 11.5 Å². The van der Waals surface area contributed by atoms with Gasteiger partial charge in [-0.25, -0.2) is 4.79 Å². The van der Waals surface area contributed by atoms with Gasteiger partial charge in [-0.1, -0.05) is 11.2 Å². The van der Waals surface area contributed by atoms with Crippen LogP contribution in [-0.4, -0.2) is 27.1 Å². The molecule has 0 saturated carbocycles. The third kappa shape index (κ3) is 3.94. The fourth-order valence-corrected chi connectivity index (χ4v) is 2.37. The van der Waals surface area contributed by atoms with Crippen molar-refractivity contribution >= 4 is 17.6 Å². The minimum atomic E-state index is -1.01. The van der Waals surface area contributed by atoms with Crippen LogP contribution >= 0.6 is 0 Å². The summed E-state index contributed by atoms with van der Waals surface area (Å²) in [7, 11) is 0. The first-order chi connectivity index (χ1) is 12.4. The predicted octanol–water partition coefficient (Wildman–Crippen LogP) is 3.23. The summed E-state index contributed by atoms with van der Waals surface area (Å²) in [5.41, 5.74) is 3.71. The maximum atomic E-state index is 12.1. The van der Waals surface area contributed by atoms with Crippen LogP contribution < -0.4 is 5.32 Å². The van der Waals surface area contributed by atoms with E-state index in [1.807, 2.05) is 32.0 Å². The van der Waals surface area contributed by atoms with Gasteiger partial charge in [0.15, 0.2) is 5.82 Å². The van der Waals surface area contributed by atoms with Crippen LogP contribution in [0.15, 0.2) is 47.0 Å². The Labute approximate surface area is 149 Å². The predicted molar refractivity (Wildman–Crippen MR) is 94.9 cm³/mol. The molecular weight excluding hydrogens is 334 g/mol. The molecule has 0 aliphatic heterocycles. The first-order valence-electron chi connectivity index (χ1n) is 7.96. The van der Waals surface area contributed by atoms with Crippen molar-refractivity contribution in [2.24, 2.45) is 0 Å². The minimum absolute atomic E-state index is 0.0242. The maximum absolute atomic E-state index is 12.1. The van der Waals surface area contributed by atoms with Gasteiger partial charge >= 0.3 is 5.97 Å². The lowest BCUT2D eigenvalue weighted by molar-refractivity contribution is -0.115. The third-order valence-electron chi connectivity index (χ3n) is 3.96. The number of hydrogen-bond acceptors (Lipinski definition) is 5. The first kappa shape index (κ1) is 17.3. The summed E-state index contributed by atoms with van der Waals surface area (Å²) in [5.74, 6) is -0.771. The van der Waals surface area contributed by atoms with E-state index in [2.05, 4.69) is 15.5 Å². The number of nitrogens with one attached hydrogen (secondary N) is 1. The number of aromatic carboxylic acids is 1. The van der Waals surface area contributed by atoms with Gasteiger partial charge in [0, 0.05) is 11.3 Å². The second-order valence-electron chi connectivity index (χ2n) is 5.92. The Kier molecular flexibility index (Phi) is 4.79. The highest BCUT2D eigenvalue weighted by Gasteiger charge is 2.13. The number of rotatable bonds is 5. The number of aromatic nitrogens is 2. The Morgan fingerprint density at radius 1 is 1.08 bits per heavy atom. The zero-order valence-electron chi connectivity index (χ0n) is 14.3. The second kappa shape index (κ2) is 7.18. The molecule has 0 fully saturated rings. The lowest BCUT2D eigenvalue weighted by Gasteiger charge is -2.06. The van der Waals surface area contributed by atoms with E-state index in [9.17, 15) is 9.59 Å². The molecule has 2 aromatic carbocycles. The quantitative estimate of drug-likeness (QED) is 0.731. The Balaban J connectivity index is 1.66. The molecule has 0 saturated heterocycles. The normalized spacial score (nSPS) is 10.5. The summed E-state index contributed by atoms with van der Waals surface area (Å²) >= 11 is 0. The number of carbonyl (C=O) groups is 2. The first-order valence-corrected chi connectivity index (χ1v) is 7.96. The van der Waals surface area contributed by atoms with Crippen LogP contribution in [0.1, 0.15) is 27.3 Å². The average molecular weight is 351 g/mol. The molecule has 1 aromatic heterocycles. The van der Waals surface area contributed by atoms with E-state index in [-0.39, 0.29) is 29.6 Å². The van der Waals surface area contributed by atoms with Gasteiger partial charge in [0.25, 0.3) is 5.89 Å². The molecule has 0 atom stereocenters. The third-order valence-corrected chi connectivity index (χ3v) is 3.96. The number of nitrogens with zero attached hydrogens (tertiary/aromatic N) is 2. The number of hydrogen-bond donors (Lipinski definition) is 2. The van der Waals surface area contributed by atoms with Gasteiger partial charge in [-0.05, 0) is 61.4 Å². The molecule has 1 amide bonds. The molecule has 132 valence electrons. The molecule has 0 bridgehead atoms. The van der Waals surface area contributed by atoms with Crippen LogP contribution in [0.4, 0.5) is 5.69 Å². The molecule has 2 N–H and O–H groups in total. The highest BCUT2D eigenvalue weighted by Crippen LogP contribution is 2.18. The number of anilines is 1. The fourth-order valence-electron chi connectivity index (χ4n) is 2.37. The molecular formula is C19H17N3O4. The molecule has 1 heterocycles. The summed E-state index contributed by atoms with van der Waals surface area (Å²) < 4.78 is 5.15. The Bertz CT molecular complexity index is 961. The maximum Gasteiger partial charge on any atom is 0.335 e. The zero-order chi connectivity index (χ0) is 18.7. The number of aryl methyl sites for hydroxylation is 2. The summed E-state index contributed by atoms with van der Waals surface area (Å²) in [4.78, 5) is 27.2. The van der Waals surface area contributed by atoms with Crippen LogP contribution in [-0.2, 0) is 11.2 Å². The molecule has 7 nitrogen and oxygen atoms in total. The van der Waals surface area contributed by atoms with E-state index < -0.39 is 5.97 Å². The van der Waals surface area contributed by atoms with Gasteiger partial charge in [-0.15, -0.1) is 0 Å². The number of benzene rings is 2. The van der Waals surface area contributed by atoms with Gasteiger partial charge in [-0.2, -0.15) is 4.98 Å². The Hall–Kier alpha value is -3.48. The van der Waals surface area contributed by atoms with Crippen LogP contribution in [0.3, 0.4) is 0 Å². The molecule has 7 heteroatoms. The lowest BCUT2D eigenvalue weighted by atomic mass is 10.1. The summed E-state index contributed by atoms with van der Waals surface area (Å²) in [6.45, 7) is 3.98. The highest BCUT2D eigenvalue weighted by atomic mass is 16.5. The lowest BCUT2D eigenvalue weighted by Crippen LogP contribution is -2.15. The van der Waals surface area contributed by atoms with Crippen molar-refractivity contribution in [3.05, 3.63) is 65.0 Å². The fraction of sp³-hybridized carbons (Fsp3) is 0.158. The zero-order valence-corrected chi connectivity index (χ0v) is 14.3. The van der Waals surface area contributed by atoms with Gasteiger partial charge in [0.2, 0.25) is 5.91 Å². The summed E-state index contributed by atoms with van der Waals surface area (Å²) in [5, 5.41) is 15.5. The van der Waals surface area contributed by atoms with Gasteiger partial charge in [-0.3, -0.25) is 4.79 Å². The SMILES string of the molecule is Cc1ccc(NC(=O)Cc2noc(-c3ccc(C(=O)O)cc3)n2)cc1C. The molecule has 3 aromatic rings. The minimum Gasteiger partial charge on any atom is -0.478 e. The monoisotopic (exact) mass is 351 g/mol. The molecule has 0 aliphatic carbocycles. The van der Waals surface area contributed by atoms with Crippen molar-refractivity contribution in [1.29, 1.82) is 0 Å². The number of carboxylic acids is 1. The highest BCUT2D eigenvalue weighted by molar-refractivity contribution is 5.92. The standard InChI is InChI=1S/C19H17N3O4/c1-11-3-8-15(9-12(11)2)20-17(23)10-16-21-18(26-22-16)13-4-6-14(7-5-13)19(24)25/h3-9H,10H2,1-2H3,(H,20,23)(H,24,25). The molecule has 0 spiro atoms. The smallest absolute Gasteiger partial charge is 0.335 e. The number of carbonyl (C=O) groups excluding carboxylic acids is 1. The molecule has 3 rings (SSSR count). The average Bonchev–Trinajstić information content (AvgIpc) is 3.06. The summed E-state index contributed by atoms with van der Waals surface area (Å²) in [6.07, 6.45) is -0.0242. The van der Waals surface area contributed by atoms with E-state index in [0.717, 1.165) is 11.1 Å². The van der Waals surface area contributed by atoms with E-state index in [1.165, 1.54) is 12.1 Å². The molecule has 26 heavy (non-hydrogen) atoms. The van der Waals surface area contributed by atoms with Crippen LogP contribution in [0, 0.1) is 13.8 Å². The van der Waals surface area contributed by atoms with Crippen LogP contribution in [0.2, 0.25) is 0 Å². The number of amides is 1. The van der Waals surface area contributed by atoms with Crippen molar-refractivity contribution in [1.82, 2.24) is 10.1 Å². The largest absolute Gasteiger partial charge is 0.478 e. The summed E-state index contributed by atoms with van der Waals surface area (Å²) in [6, 6.07) is 11.7. The van der Waals surface area contributed by atoms with E-state index in [0.29, 0.717) is 11.3 Å². The molecule has 0 radical (unpaired) electrons. The van der Waals surface area contributed by atoms with Crippen LogP contribution in [0.25, 0.3) is 11.5 Å². The topological polar surface area (TPSA) is 105 Å². The van der Waals surface area contributed by atoms with Crippen LogP contribution in [0.5, 0.6) is 0 Å². The van der Waals surface area contributed by atoms with Crippen molar-refractivity contribution in [2.45, 2.75) is 20.3 Å². The van der Waals surface area contributed by atoms with Gasteiger partial charge in [0.1, 0.15) is 0 Å². The second-order valence-corrected chi connectivity index (χ2v) is 5.92. The number of carboxylic acid groups (broad SMARTS) is 1. The van der Waals surface area contributed by atoms with E-state index in [1.54, 1.807) is 12.1 Å². The Morgan fingerprint density at radius 3 is 2.46 bits per heavy atom. The van der Waals surface area contributed by atoms with Gasteiger partial charge in [0.05, 0.1) is 12.0 Å². The van der Waals surface area contributed by atoms with E-state index >= 15 is 0 Å². The van der Waals surface area contributed by atoms with Gasteiger partial charge < -0.3 is 14.9 Å². The van der Waals surface area contributed by atoms with E-state index in [4.69, 9.17) is 9.63 Å². The molecule has 0 aliphatic rings. The Morgan fingerprint density at radius 2 is 1.81 bits per heavy atom.